The summed E-state index contributed by atoms with van der Waals surface area (Å²) in [6, 6.07) is 26.0. The normalized spacial score (nSPS) is 12.1. The van der Waals surface area contributed by atoms with Gasteiger partial charge in [0, 0.05) is 17.1 Å². The van der Waals surface area contributed by atoms with Gasteiger partial charge in [-0.25, -0.2) is 0 Å². The summed E-state index contributed by atoms with van der Waals surface area (Å²) in [4.78, 5) is 14.8. The topological polar surface area (TPSA) is 29.5 Å². The molecule has 0 aliphatic rings. The minimum Gasteiger partial charge on any atom is -0.465 e. The summed E-state index contributed by atoms with van der Waals surface area (Å²) in [6.07, 6.45) is 2.60. The molecule has 3 rings (SSSR count). The molecule has 0 aromatic heterocycles. The van der Waals surface area contributed by atoms with Crippen molar-refractivity contribution in [3.63, 3.8) is 0 Å². The molecule has 0 fully saturated rings. The van der Waals surface area contributed by atoms with E-state index in [1.807, 2.05) is 0 Å². The van der Waals surface area contributed by atoms with Gasteiger partial charge in [-0.2, -0.15) is 0 Å². The molecular formula is C32H41NO2. The van der Waals surface area contributed by atoms with Gasteiger partial charge >= 0.3 is 5.97 Å². The molecule has 0 saturated heterocycles. The minimum absolute atomic E-state index is 0.0104. The van der Waals surface area contributed by atoms with E-state index in [-0.39, 0.29) is 11.9 Å². The number of rotatable bonds is 11. The fourth-order valence-electron chi connectivity index (χ4n) is 4.35. The number of hydrogen-bond donors (Lipinski definition) is 0. The van der Waals surface area contributed by atoms with Crippen LogP contribution in [0.25, 0.3) is 0 Å². The minimum atomic E-state index is -0.0455. The van der Waals surface area contributed by atoms with Crippen LogP contribution in [-0.4, -0.2) is 12.6 Å². The van der Waals surface area contributed by atoms with Gasteiger partial charge in [0.15, 0.2) is 0 Å². The molecule has 1 unspecified atom stereocenters. The molecule has 3 aromatic rings. The molecule has 35 heavy (non-hydrogen) atoms. The van der Waals surface area contributed by atoms with Gasteiger partial charge in [0.1, 0.15) is 0 Å². The standard InChI is InChI=1S/C32H41NO2/c1-23(2)22-31(24(3)4)32(34)35-21-7-8-27-13-19-30(20-14-27)33(28-15-9-25(5)10-16-28)29-17-11-26(6)12-18-29/h9-20,23-24,31H,7-8,21-22H2,1-6H3. The Morgan fingerprint density at radius 1 is 0.743 bits per heavy atom. The van der Waals surface area contributed by atoms with Crippen LogP contribution in [0.2, 0.25) is 0 Å². The number of benzene rings is 3. The zero-order chi connectivity index (χ0) is 25.4. The lowest BCUT2D eigenvalue weighted by molar-refractivity contribution is -0.150. The number of ether oxygens (including phenoxy) is 1. The number of nitrogens with zero attached hydrogens (tertiary/aromatic N) is 1. The molecule has 0 N–H and O–H groups in total. The third kappa shape index (κ3) is 7.71. The van der Waals surface area contributed by atoms with Crippen LogP contribution in [0, 0.1) is 31.6 Å². The summed E-state index contributed by atoms with van der Waals surface area (Å²) < 4.78 is 5.64. The van der Waals surface area contributed by atoms with Crippen molar-refractivity contribution >= 4 is 23.0 Å². The summed E-state index contributed by atoms with van der Waals surface area (Å²) in [5, 5.41) is 0. The van der Waals surface area contributed by atoms with Gasteiger partial charge in [0.25, 0.3) is 0 Å². The van der Waals surface area contributed by atoms with Crippen LogP contribution in [0.1, 0.15) is 57.2 Å². The molecular weight excluding hydrogens is 430 g/mol. The van der Waals surface area contributed by atoms with E-state index in [1.165, 1.54) is 16.7 Å². The van der Waals surface area contributed by atoms with E-state index < -0.39 is 0 Å². The van der Waals surface area contributed by atoms with Gasteiger partial charge in [0.2, 0.25) is 0 Å². The third-order valence-corrected chi connectivity index (χ3v) is 6.47. The number of carbonyl (C=O) groups is 1. The molecule has 0 bridgehead atoms. The maximum Gasteiger partial charge on any atom is 0.309 e. The molecule has 0 spiro atoms. The Bertz CT molecular complexity index is 1000. The van der Waals surface area contributed by atoms with Gasteiger partial charge in [-0.15, -0.1) is 0 Å². The lowest BCUT2D eigenvalue weighted by Gasteiger charge is -2.26. The van der Waals surface area contributed by atoms with E-state index in [0.29, 0.717) is 18.4 Å². The van der Waals surface area contributed by atoms with Gasteiger partial charge in [-0.3, -0.25) is 4.79 Å². The molecule has 186 valence electrons. The molecule has 3 nitrogen and oxygen atoms in total. The molecule has 0 aliphatic carbocycles. The first-order chi connectivity index (χ1) is 16.7. The second-order valence-electron chi connectivity index (χ2n) is 10.4. The fraction of sp³-hybridized carbons (Fsp3) is 0.406. The summed E-state index contributed by atoms with van der Waals surface area (Å²) in [6.45, 7) is 13.2. The largest absolute Gasteiger partial charge is 0.465 e. The van der Waals surface area contributed by atoms with Crippen molar-refractivity contribution in [2.75, 3.05) is 11.5 Å². The number of aryl methyl sites for hydroxylation is 3. The van der Waals surface area contributed by atoms with Gasteiger partial charge in [0.05, 0.1) is 12.5 Å². The Kier molecular flexibility index (Phi) is 9.54. The van der Waals surface area contributed by atoms with Crippen LogP contribution in [0.4, 0.5) is 17.1 Å². The van der Waals surface area contributed by atoms with E-state index in [0.717, 1.165) is 36.3 Å². The molecule has 3 heteroatoms. The lowest BCUT2D eigenvalue weighted by atomic mass is 9.88. The third-order valence-electron chi connectivity index (χ3n) is 6.47. The monoisotopic (exact) mass is 471 g/mol. The maximum atomic E-state index is 12.5. The van der Waals surface area contributed by atoms with Crippen LogP contribution in [0.5, 0.6) is 0 Å². The Morgan fingerprint density at radius 3 is 1.63 bits per heavy atom. The van der Waals surface area contributed by atoms with Crippen LogP contribution in [0.3, 0.4) is 0 Å². The Balaban J connectivity index is 1.64. The first-order valence-electron chi connectivity index (χ1n) is 12.9. The number of carbonyl (C=O) groups excluding carboxylic acids is 1. The van der Waals surface area contributed by atoms with E-state index in [9.17, 15) is 4.79 Å². The van der Waals surface area contributed by atoms with E-state index >= 15 is 0 Å². The zero-order valence-electron chi connectivity index (χ0n) is 22.3. The van der Waals surface area contributed by atoms with Gasteiger partial charge in [-0.1, -0.05) is 75.2 Å². The molecule has 0 amide bonds. The quantitative estimate of drug-likeness (QED) is 0.207. The number of hydrogen-bond acceptors (Lipinski definition) is 3. The van der Waals surface area contributed by atoms with Gasteiger partial charge < -0.3 is 9.64 Å². The second-order valence-corrected chi connectivity index (χ2v) is 10.4. The van der Waals surface area contributed by atoms with Crippen molar-refractivity contribution in [3.8, 4) is 0 Å². The van der Waals surface area contributed by atoms with Crippen LogP contribution in [0.15, 0.2) is 72.8 Å². The van der Waals surface area contributed by atoms with E-state index in [2.05, 4.69) is 119 Å². The Morgan fingerprint density at radius 2 is 1.20 bits per heavy atom. The molecule has 0 saturated carbocycles. The molecule has 0 radical (unpaired) electrons. The summed E-state index contributed by atoms with van der Waals surface area (Å²) in [5.74, 6) is 0.745. The van der Waals surface area contributed by atoms with Crippen molar-refractivity contribution in [3.05, 3.63) is 89.5 Å². The summed E-state index contributed by atoms with van der Waals surface area (Å²) >= 11 is 0. The van der Waals surface area contributed by atoms with Crippen molar-refractivity contribution in [2.24, 2.45) is 17.8 Å². The molecule has 1 atom stereocenters. The highest BCUT2D eigenvalue weighted by Gasteiger charge is 2.24. The van der Waals surface area contributed by atoms with Crippen LogP contribution < -0.4 is 4.90 Å². The van der Waals surface area contributed by atoms with Crippen LogP contribution >= 0.6 is 0 Å². The lowest BCUT2D eigenvalue weighted by Crippen LogP contribution is -2.24. The smallest absolute Gasteiger partial charge is 0.309 e. The van der Waals surface area contributed by atoms with Crippen molar-refractivity contribution in [2.45, 2.75) is 60.8 Å². The highest BCUT2D eigenvalue weighted by Crippen LogP contribution is 2.34. The predicted octanol–water partition coefficient (Wildman–Crippen LogP) is 8.57. The average molecular weight is 472 g/mol. The Hall–Kier alpha value is -3.07. The fourth-order valence-corrected chi connectivity index (χ4v) is 4.35. The van der Waals surface area contributed by atoms with Crippen molar-refractivity contribution in [1.82, 2.24) is 0 Å². The second kappa shape index (κ2) is 12.6. The highest BCUT2D eigenvalue weighted by atomic mass is 16.5. The molecule has 3 aromatic carbocycles. The average Bonchev–Trinajstić information content (AvgIpc) is 2.83. The highest BCUT2D eigenvalue weighted by molar-refractivity contribution is 5.76. The molecule has 0 aliphatic heterocycles. The number of esters is 1. The van der Waals surface area contributed by atoms with Crippen LogP contribution in [-0.2, 0) is 16.0 Å². The van der Waals surface area contributed by atoms with Gasteiger partial charge in [-0.05, 0) is 86.9 Å². The SMILES string of the molecule is Cc1ccc(N(c2ccc(C)cc2)c2ccc(CCCOC(=O)C(CC(C)C)C(C)C)cc2)cc1. The van der Waals surface area contributed by atoms with E-state index in [1.54, 1.807) is 0 Å². The van der Waals surface area contributed by atoms with Crippen molar-refractivity contribution < 1.29 is 9.53 Å². The first kappa shape index (κ1) is 26.5. The van der Waals surface area contributed by atoms with Crippen molar-refractivity contribution in [1.29, 1.82) is 0 Å². The Labute approximate surface area is 212 Å². The predicted molar refractivity (Wildman–Crippen MR) is 148 cm³/mol. The summed E-state index contributed by atoms with van der Waals surface area (Å²) in [5.41, 5.74) is 7.15. The maximum absolute atomic E-state index is 12.5. The molecule has 0 heterocycles. The zero-order valence-corrected chi connectivity index (χ0v) is 22.3. The summed E-state index contributed by atoms with van der Waals surface area (Å²) in [7, 11) is 0. The first-order valence-corrected chi connectivity index (χ1v) is 12.9. The van der Waals surface area contributed by atoms with E-state index in [4.69, 9.17) is 4.74 Å². The number of anilines is 3.